The van der Waals surface area contributed by atoms with Crippen molar-refractivity contribution >= 4 is 48.4 Å². The molecule has 1 saturated heterocycles. The highest BCUT2D eigenvalue weighted by atomic mass is 32.2. The van der Waals surface area contributed by atoms with E-state index in [1.54, 1.807) is 18.2 Å². The predicted octanol–water partition coefficient (Wildman–Crippen LogP) is 2.86. The summed E-state index contributed by atoms with van der Waals surface area (Å²) in [6.07, 6.45) is 0. The fourth-order valence-electron chi connectivity index (χ4n) is 3.03. The summed E-state index contributed by atoms with van der Waals surface area (Å²) in [5.41, 5.74) is 0.943. The standard InChI is InChI=1S/C19H18FN3O5S2/c1-27-18(24)12-2-4-14(20)17(10-12)30(25,26)22-13-3-5-15-16(11-13)29-19(21-15)23-6-8-28-9-7-23/h2-5,10-11,22H,6-9H2,1H3. The number of sulfonamides is 1. The lowest BCUT2D eigenvalue weighted by Gasteiger charge is -2.25. The molecule has 0 atom stereocenters. The summed E-state index contributed by atoms with van der Waals surface area (Å²) in [6.45, 7) is 2.76. The number of hydrogen-bond donors (Lipinski definition) is 1. The summed E-state index contributed by atoms with van der Waals surface area (Å²) in [5.74, 6) is -1.73. The number of ether oxygens (including phenoxy) is 2. The third-order valence-electron chi connectivity index (χ3n) is 4.55. The van der Waals surface area contributed by atoms with Crippen molar-refractivity contribution < 1.29 is 27.1 Å². The van der Waals surface area contributed by atoms with Gasteiger partial charge >= 0.3 is 5.97 Å². The third kappa shape index (κ3) is 4.09. The second kappa shape index (κ2) is 8.17. The van der Waals surface area contributed by atoms with Crippen molar-refractivity contribution in [2.75, 3.05) is 43.0 Å². The van der Waals surface area contributed by atoms with Gasteiger partial charge in [0.25, 0.3) is 10.0 Å². The van der Waals surface area contributed by atoms with Gasteiger partial charge in [0.1, 0.15) is 10.7 Å². The summed E-state index contributed by atoms with van der Waals surface area (Å²) in [7, 11) is -3.11. The van der Waals surface area contributed by atoms with Gasteiger partial charge in [-0.15, -0.1) is 0 Å². The molecule has 8 nitrogen and oxygen atoms in total. The molecule has 1 fully saturated rings. The molecule has 0 saturated carbocycles. The molecule has 0 bridgehead atoms. The Hall–Kier alpha value is -2.76. The van der Waals surface area contributed by atoms with Crippen LogP contribution >= 0.6 is 11.3 Å². The maximum absolute atomic E-state index is 14.2. The number of hydrogen-bond acceptors (Lipinski definition) is 8. The SMILES string of the molecule is COC(=O)c1ccc(F)c(S(=O)(=O)Nc2ccc3nc(N4CCOCC4)sc3c2)c1. The Morgan fingerprint density at radius 2 is 2.00 bits per heavy atom. The highest BCUT2D eigenvalue weighted by Crippen LogP contribution is 2.32. The summed E-state index contributed by atoms with van der Waals surface area (Å²) >= 11 is 1.44. The molecule has 2 aromatic carbocycles. The number of anilines is 2. The van der Waals surface area contributed by atoms with Crippen LogP contribution in [-0.2, 0) is 19.5 Å². The van der Waals surface area contributed by atoms with Crippen LogP contribution in [0.4, 0.5) is 15.2 Å². The molecule has 2 heterocycles. The summed E-state index contributed by atoms with van der Waals surface area (Å²) in [6, 6.07) is 7.94. The molecule has 0 radical (unpaired) electrons. The molecule has 0 unspecified atom stereocenters. The fraction of sp³-hybridized carbons (Fsp3) is 0.263. The predicted molar refractivity (Wildman–Crippen MR) is 111 cm³/mol. The van der Waals surface area contributed by atoms with Crippen LogP contribution in [0.5, 0.6) is 0 Å². The van der Waals surface area contributed by atoms with E-state index in [2.05, 4.69) is 19.3 Å². The normalized spacial score (nSPS) is 14.7. The molecule has 0 spiro atoms. The van der Waals surface area contributed by atoms with Crippen LogP contribution in [0.25, 0.3) is 10.2 Å². The Labute approximate surface area is 176 Å². The quantitative estimate of drug-likeness (QED) is 0.596. The van der Waals surface area contributed by atoms with E-state index >= 15 is 0 Å². The molecule has 1 aliphatic heterocycles. The van der Waals surface area contributed by atoms with E-state index in [-0.39, 0.29) is 11.3 Å². The number of carbonyl (C=O) groups is 1. The fourth-order valence-corrected chi connectivity index (χ4v) is 5.24. The lowest BCUT2D eigenvalue weighted by Crippen LogP contribution is -2.36. The first-order chi connectivity index (χ1) is 14.4. The number of benzene rings is 2. The molecule has 11 heteroatoms. The molecular weight excluding hydrogens is 433 g/mol. The number of nitrogens with one attached hydrogen (secondary N) is 1. The van der Waals surface area contributed by atoms with Gasteiger partial charge in [-0.05, 0) is 36.4 Å². The zero-order valence-corrected chi connectivity index (χ0v) is 17.6. The number of esters is 1. The summed E-state index contributed by atoms with van der Waals surface area (Å²) in [5, 5.41) is 0.838. The van der Waals surface area contributed by atoms with Gasteiger partial charge in [0.05, 0.1) is 41.8 Å². The number of thiazole rings is 1. The van der Waals surface area contributed by atoms with Crippen molar-refractivity contribution in [3.63, 3.8) is 0 Å². The van der Waals surface area contributed by atoms with E-state index in [0.717, 1.165) is 53.7 Å². The van der Waals surface area contributed by atoms with Crippen molar-refractivity contribution in [3.8, 4) is 0 Å². The van der Waals surface area contributed by atoms with Crippen LogP contribution in [0.15, 0.2) is 41.3 Å². The lowest BCUT2D eigenvalue weighted by molar-refractivity contribution is 0.0600. The average Bonchev–Trinajstić information content (AvgIpc) is 3.17. The number of carbonyl (C=O) groups excluding carboxylic acids is 1. The molecule has 4 rings (SSSR count). The van der Waals surface area contributed by atoms with Gasteiger partial charge in [-0.25, -0.2) is 22.6 Å². The van der Waals surface area contributed by atoms with Gasteiger partial charge in [-0.2, -0.15) is 0 Å². The zero-order chi connectivity index (χ0) is 21.3. The number of aromatic nitrogens is 1. The van der Waals surface area contributed by atoms with E-state index in [4.69, 9.17) is 4.74 Å². The van der Waals surface area contributed by atoms with Gasteiger partial charge in [0.15, 0.2) is 5.13 Å². The third-order valence-corrected chi connectivity index (χ3v) is 7.03. The molecule has 30 heavy (non-hydrogen) atoms. The van der Waals surface area contributed by atoms with Crippen molar-refractivity contribution in [2.24, 2.45) is 0 Å². The first kappa shape index (κ1) is 20.5. The van der Waals surface area contributed by atoms with Crippen LogP contribution in [-0.4, -0.2) is 52.8 Å². The van der Waals surface area contributed by atoms with Gasteiger partial charge in [-0.3, -0.25) is 4.72 Å². The van der Waals surface area contributed by atoms with Gasteiger partial charge in [-0.1, -0.05) is 11.3 Å². The second-order valence-electron chi connectivity index (χ2n) is 6.52. The summed E-state index contributed by atoms with van der Waals surface area (Å²) < 4.78 is 52.8. The van der Waals surface area contributed by atoms with Crippen LogP contribution in [0.3, 0.4) is 0 Å². The largest absolute Gasteiger partial charge is 0.465 e. The molecule has 158 valence electrons. The zero-order valence-electron chi connectivity index (χ0n) is 15.9. The van der Waals surface area contributed by atoms with E-state index < -0.39 is 26.7 Å². The Bertz CT molecular complexity index is 1210. The van der Waals surface area contributed by atoms with Crippen LogP contribution in [0.2, 0.25) is 0 Å². The van der Waals surface area contributed by atoms with E-state index in [9.17, 15) is 17.6 Å². The Morgan fingerprint density at radius 3 is 2.73 bits per heavy atom. The molecule has 1 N–H and O–H groups in total. The minimum atomic E-state index is -4.27. The molecule has 1 aliphatic rings. The van der Waals surface area contributed by atoms with Crippen molar-refractivity contribution in [2.45, 2.75) is 4.90 Å². The molecule has 3 aromatic rings. The molecule has 0 amide bonds. The van der Waals surface area contributed by atoms with Crippen molar-refractivity contribution in [1.29, 1.82) is 0 Å². The van der Waals surface area contributed by atoms with E-state index in [0.29, 0.717) is 13.2 Å². The summed E-state index contributed by atoms with van der Waals surface area (Å²) in [4.78, 5) is 17.7. The highest BCUT2D eigenvalue weighted by Gasteiger charge is 2.22. The first-order valence-electron chi connectivity index (χ1n) is 9.01. The maximum Gasteiger partial charge on any atom is 0.337 e. The Kier molecular flexibility index (Phi) is 5.58. The molecule has 0 aliphatic carbocycles. The topological polar surface area (TPSA) is 97.8 Å². The minimum absolute atomic E-state index is 0.0627. The van der Waals surface area contributed by atoms with Gasteiger partial charge in [0.2, 0.25) is 0 Å². The minimum Gasteiger partial charge on any atom is -0.465 e. The second-order valence-corrected chi connectivity index (χ2v) is 9.18. The van der Waals surface area contributed by atoms with Gasteiger partial charge < -0.3 is 14.4 Å². The number of methoxy groups -OCH3 is 1. The Balaban J connectivity index is 1.62. The first-order valence-corrected chi connectivity index (χ1v) is 11.3. The van der Waals surface area contributed by atoms with E-state index in [1.165, 1.54) is 11.3 Å². The smallest absolute Gasteiger partial charge is 0.337 e. The number of halogens is 1. The van der Waals surface area contributed by atoms with Crippen LogP contribution in [0.1, 0.15) is 10.4 Å². The molecule has 1 aromatic heterocycles. The highest BCUT2D eigenvalue weighted by molar-refractivity contribution is 7.92. The van der Waals surface area contributed by atoms with Crippen LogP contribution in [0, 0.1) is 5.82 Å². The number of fused-ring (bicyclic) bond motifs is 1. The number of nitrogens with zero attached hydrogens (tertiary/aromatic N) is 2. The maximum atomic E-state index is 14.2. The number of rotatable bonds is 5. The Morgan fingerprint density at radius 1 is 1.23 bits per heavy atom. The van der Waals surface area contributed by atoms with Crippen LogP contribution < -0.4 is 9.62 Å². The monoisotopic (exact) mass is 451 g/mol. The number of morpholine rings is 1. The van der Waals surface area contributed by atoms with Crippen molar-refractivity contribution in [1.82, 2.24) is 4.98 Å². The molecular formula is C19H18FN3O5S2. The van der Waals surface area contributed by atoms with Crippen molar-refractivity contribution in [3.05, 3.63) is 47.8 Å². The lowest BCUT2D eigenvalue weighted by atomic mass is 10.2. The van der Waals surface area contributed by atoms with E-state index in [1.807, 2.05) is 0 Å². The van der Waals surface area contributed by atoms with Gasteiger partial charge in [0, 0.05) is 13.1 Å². The average molecular weight is 452 g/mol.